The van der Waals surface area contributed by atoms with Crippen LogP contribution in [0.15, 0.2) is 218 Å². The van der Waals surface area contributed by atoms with Gasteiger partial charge in [0.1, 0.15) is 0 Å². The van der Waals surface area contributed by atoms with Gasteiger partial charge in [0.15, 0.2) is 0 Å². The summed E-state index contributed by atoms with van der Waals surface area (Å²) in [5.41, 5.74) is 13.9. The standard InChI is InChI=1S/C48H36N2/c1-5-21-43(22-6-1)49(44-23-7-2-8-24-44)47-32-30-37(31-33-47)38-16-13-17-39(34-38)40-18-14-19-41(35-40)42-20-15-29-48(36-42)50(45-25-9-3-10-26-45)46-27-11-4-12-28-46/h1-36H. The van der Waals surface area contributed by atoms with Crippen molar-refractivity contribution in [2.24, 2.45) is 0 Å². The van der Waals surface area contributed by atoms with Crippen LogP contribution in [0.4, 0.5) is 34.1 Å². The van der Waals surface area contributed by atoms with Gasteiger partial charge in [-0.2, -0.15) is 0 Å². The summed E-state index contributed by atoms with van der Waals surface area (Å²) in [6.07, 6.45) is 0. The molecule has 0 fully saturated rings. The molecule has 8 aromatic carbocycles. The third-order valence-corrected chi connectivity index (χ3v) is 9.01. The van der Waals surface area contributed by atoms with E-state index in [1.807, 2.05) is 0 Å². The van der Waals surface area contributed by atoms with Crippen LogP contribution in [-0.4, -0.2) is 0 Å². The molecular formula is C48H36N2. The third kappa shape index (κ3) is 6.56. The van der Waals surface area contributed by atoms with Crippen LogP contribution in [0.25, 0.3) is 33.4 Å². The molecule has 8 rings (SSSR count). The highest BCUT2D eigenvalue weighted by molar-refractivity contribution is 5.83. The maximum absolute atomic E-state index is 2.31. The van der Waals surface area contributed by atoms with Crippen LogP contribution in [0.2, 0.25) is 0 Å². The predicted octanol–water partition coefficient (Wildman–Crippen LogP) is 13.6. The number of para-hydroxylation sites is 4. The molecule has 0 heterocycles. The van der Waals surface area contributed by atoms with E-state index in [1.54, 1.807) is 0 Å². The molecule has 0 bridgehead atoms. The molecule has 0 aliphatic rings. The first-order chi connectivity index (χ1) is 24.8. The Kier molecular flexibility index (Phi) is 8.73. The van der Waals surface area contributed by atoms with E-state index < -0.39 is 0 Å². The molecule has 2 nitrogen and oxygen atoms in total. The highest BCUT2D eigenvalue weighted by Crippen LogP contribution is 2.38. The molecule has 8 aromatic rings. The molecule has 0 saturated carbocycles. The number of anilines is 6. The van der Waals surface area contributed by atoms with Gasteiger partial charge >= 0.3 is 0 Å². The summed E-state index contributed by atoms with van der Waals surface area (Å²) < 4.78 is 0. The quantitative estimate of drug-likeness (QED) is 0.155. The van der Waals surface area contributed by atoms with E-state index in [1.165, 1.54) is 33.4 Å². The average molecular weight is 641 g/mol. The zero-order valence-electron chi connectivity index (χ0n) is 27.7. The lowest BCUT2D eigenvalue weighted by Gasteiger charge is -2.26. The van der Waals surface area contributed by atoms with E-state index in [-0.39, 0.29) is 0 Å². The number of rotatable bonds is 9. The molecule has 0 saturated heterocycles. The molecule has 0 amide bonds. The zero-order chi connectivity index (χ0) is 33.5. The fourth-order valence-corrected chi connectivity index (χ4v) is 6.59. The van der Waals surface area contributed by atoms with Crippen molar-refractivity contribution >= 4 is 34.1 Å². The first-order valence-corrected chi connectivity index (χ1v) is 17.0. The largest absolute Gasteiger partial charge is 0.311 e. The Balaban J connectivity index is 1.09. The summed E-state index contributed by atoms with van der Waals surface area (Å²) >= 11 is 0. The second kappa shape index (κ2) is 14.2. The maximum Gasteiger partial charge on any atom is 0.0467 e. The van der Waals surface area contributed by atoms with Gasteiger partial charge in [-0.3, -0.25) is 0 Å². The van der Waals surface area contributed by atoms with Crippen molar-refractivity contribution in [2.75, 3.05) is 9.80 Å². The number of hydrogen-bond donors (Lipinski definition) is 0. The van der Waals surface area contributed by atoms with Crippen molar-refractivity contribution in [1.29, 1.82) is 0 Å². The minimum absolute atomic E-state index is 1.12. The van der Waals surface area contributed by atoms with Gasteiger partial charge < -0.3 is 9.80 Å². The van der Waals surface area contributed by atoms with Gasteiger partial charge in [0, 0.05) is 34.1 Å². The number of benzene rings is 8. The van der Waals surface area contributed by atoms with Crippen LogP contribution in [0.5, 0.6) is 0 Å². The Morgan fingerprint density at radius 2 is 0.460 bits per heavy atom. The molecule has 0 aromatic heterocycles. The summed E-state index contributed by atoms with van der Waals surface area (Å²) in [4.78, 5) is 4.60. The molecular weight excluding hydrogens is 605 g/mol. The van der Waals surface area contributed by atoms with Crippen molar-refractivity contribution in [3.8, 4) is 33.4 Å². The number of nitrogens with zero attached hydrogens (tertiary/aromatic N) is 2. The molecule has 2 heteroatoms. The minimum atomic E-state index is 1.12. The third-order valence-electron chi connectivity index (χ3n) is 9.01. The van der Waals surface area contributed by atoms with Crippen LogP contribution < -0.4 is 9.80 Å². The Bertz CT molecular complexity index is 2220. The monoisotopic (exact) mass is 640 g/mol. The Morgan fingerprint density at radius 1 is 0.180 bits per heavy atom. The Labute approximate surface area is 294 Å². The van der Waals surface area contributed by atoms with Crippen molar-refractivity contribution in [2.45, 2.75) is 0 Å². The molecule has 0 aliphatic carbocycles. The van der Waals surface area contributed by atoms with Crippen molar-refractivity contribution in [3.63, 3.8) is 0 Å². The SMILES string of the molecule is c1ccc(N(c2ccccc2)c2ccc(-c3cccc(-c4cccc(-c5cccc(N(c6ccccc6)c6ccccc6)c5)c4)c3)cc2)cc1. The lowest BCUT2D eigenvalue weighted by atomic mass is 9.96. The maximum atomic E-state index is 2.31. The van der Waals surface area contributed by atoms with Gasteiger partial charge in [-0.05, 0) is 118 Å². The molecule has 0 N–H and O–H groups in total. The van der Waals surface area contributed by atoms with Crippen LogP contribution >= 0.6 is 0 Å². The summed E-state index contributed by atoms with van der Waals surface area (Å²) in [6.45, 7) is 0. The summed E-state index contributed by atoms with van der Waals surface area (Å²) in [5.74, 6) is 0. The van der Waals surface area contributed by atoms with Gasteiger partial charge in [-0.15, -0.1) is 0 Å². The average Bonchev–Trinajstić information content (AvgIpc) is 3.20. The van der Waals surface area contributed by atoms with Gasteiger partial charge in [-0.1, -0.05) is 133 Å². The lowest BCUT2D eigenvalue weighted by Crippen LogP contribution is -2.09. The summed E-state index contributed by atoms with van der Waals surface area (Å²) in [7, 11) is 0. The van der Waals surface area contributed by atoms with Crippen LogP contribution in [-0.2, 0) is 0 Å². The normalized spacial score (nSPS) is 10.8. The molecule has 0 aliphatic heterocycles. The second-order valence-corrected chi connectivity index (χ2v) is 12.3. The van der Waals surface area contributed by atoms with Crippen LogP contribution in [0, 0.1) is 0 Å². The topological polar surface area (TPSA) is 6.48 Å². The van der Waals surface area contributed by atoms with Gasteiger partial charge in [-0.25, -0.2) is 0 Å². The summed E-state index contributed by atoms with van der Waals surface area (Å²) in [5, 5.41) is 0. The molecule has 0 spiro atoms. The molecule has 0 unspecified atom stereocenters. The van der Waals surface area contributed by atoms with E-state index in [0.29, 0.717) is 0 Å². The zero-order valence-corrected chi connectivity index (χ0v) is 27.7. The first-order valence-electron chi connectivity index (χ1n) is 17.0. The van der Waals surface area contributed by atoms with E-state index in [0.717, 1.165) is 34.1 Å². The first kappa shape index (κ1) is 30.7. The molecule has 50 heavy (non-hydrogen) atoms. The van der Waals surface area contributed by atoms with E-state index in [9.17, 15) is 0 Å². The molecule has 238 valence electrons. The predicted molar refractivity (Wildman–Crippen MR) is 212 cm³/mol. The van der Waals surface area contributed by atoms with Crippen molar-refractivity contribution < 1.29 is 0 Å². The fraction of sp³-hybridized carbons (Fsp3) is 0. The highest BCUT2D eigenvalue weighted by Gasteiger charge is 2.14. The van der Waals surface area contributed by atoms with Crippen LogP contribution in [0.1, 0.15) is 0 Å². The second-order valence-electron chi connectivity index (χ2n) is 12.3. The smallest absolute Gasteiger partial charge is 0.0467 e. The summed E-state index contributed by atoms with van der Waals surface area (Å²) in [6, 6.07) is 77.5. The molecule has 0 atom stereocenters. The van der Waals surface area contributed by atoms with Crippen molar-refractivity contribution in [1.82, 2.24) is 0 Å². The Morgan fingerprint density at radius 3 is 0.860 bits per heavy atom. The molecule has 0 radical (unpaired) electrons. The van der Waals surface area contributed by atoms with Crippen LogP contribution in [0.3, 0.4) is 0 Å². The highest BCUT2D eigenvalue weighted by atomic mass is 15.1. The Hall–Kier alpha value is -6.64. The van der Waals surface area contributed by atoms with Gasteiger partial charge in [0.2, 0.25) is 0 Å². The van der Waals surface area contributed by atoms with E-state index >= 15 is 0 Å². The lowest BCUT2D eigenvalue weighted by molar-refractivity contribution is 1.28. The van der Waals surface area contributed by atoms with E-state index in [4.69, 9.17) is 0 Å². The fourth-order valence-electron chi connectivity index (χ4n) is 6.59. The van der Waals surface area contributed by atoms with Crippen molar-refractivity contribution in [3.05, 3.63) is 218 Å². The van der Waals surface area contributed by atoms with Gasteiger partial charge in [0.25, 0.3) is 0 Å². The van der Waals surface area contributed by atoms with Gasteiger partial charge in [0.05, 0.1) is 0 Å². The minimum Gasteiger partial charge on any atom is -0.311 e. The number of hydrogen-bond acceptors (Lipinski definition) is 2. The van der Waals surface area contributed by atoms with E-state index in [2.05, 4.69) is 228 Å².